The molecule has 0 spiro atoms. The Hall–Kier alpha value is -2.08. The summed E-state index contributed by atoms with van der Waals surface area (Å²) in [7, 11) is 0. The maximum Gasteiger partial charge on any atom is 0.427 e. The van der Waals surface area contributed by atoms with Gasteiger partial charge in [-0.3, -0.25) is 4.79 Å². The molecule has 1 aromatic carbocycles. The van der Waals surface area contributed by atoms with Gasteiger partial charge in [0.15, 0.2) is 5.76 Å². The number of ether oxygens (including phenoxy) is 2. The van der Waals surface area contributed by atoms with Crippen molar-refractivity contribution in [3.63, 3.8) is 0 Å². The molecule has 0 N–H and O–H groups in total. The van der Waals surface area contributed by atoms with E-state index in [-0.39, 0.29) is 28.3 Å². The molecule has 1 aliphatic heterocycles. The van der Waals surface area contributed by atoms with Crippen LogP contribution in [-0.2, 0) is 9.53 Å². The van der Waals surface area contributed by atoms with Crippen LogP contribution >= 0.6 is 11.6 Å². The zero-order valence-corrected chi connectivity index (χ0v) is 14.7. The van der Waals surface area contributed by atoms with E-state index in [0.717, 1.165) is 18.9 Å². The average molecular weight is 356 g/mol. The van der Waals surface area contributed by atoms with E-state index >= 15 is 0 Å². The van der Waals surface area contributed by atoms with Crippen LogP contribution in [0.15, 0.2) is 23.5 Å². The summed E-state index contributed by atoms with van der Waals surface area (Å²) in [4.78, 5) is 25.0. The third-order valence-electron chi connectivity index (χ3n) is 3.67. The first-order valence-corrected chi connectivity index (χ1v) is 8.07. The van der Waals surface area contributed by atoms with Crippen molar-refractivity contribution in [2.75, 3.05) is 4.90 Å². The highest BCUT2D eigenvalue weighted by Gasteiger charge is 2.40. The standard InChI is InChI=1S/C17H19ClFNO4/c1-5-10(6-2)23-14-8-13(12(19)7-11(14)18)20-16(21)15(9(3)4)24-17(20)22/h7-8,10H,5-6H2,1-4H3. The maximum atomic E-state index is 14.3. The van der Waals surface area contributed by atoms with Crippen LogP contribution in [0, 0.1) is 5.82 Å². The van der Waals surface area contributed by atoms with E-state index in [2.05, 4.69) is 0 Å². The van der Waals surface area contributed by atoms with Gasteiger partial charge in [0.2, 0.25) is 0 Å². The van der Waals surface area contributed by atoms with Crippen LogP contribution in [-0.4, -0.2) is 18.1 Å². The fourth-order valence-electron chi connectivity index (χ4n) is 2.30. The number of allylic oxidation sites excluding steroid dienone is 1. The largest absolute Gasteiger partial charge is 0.489 e. The van der Waals surface area contributed by atoms with Gasteiger partial charge < -0.3 is 9.47 Å². The number of hydrogen-bond donors (Lipinski definition) is 0. The quantitative estimate of drug-likeness (QED) is 0.710. The van der Waals surface area contributed by atoms with E-state index in [1.807, 2.05) is 13.8 Å². The molecule has 1 aromatic rings. The number of halogens is 2. The molecule has 0 unspecified atom stereocenters. The Balaban J connectivity index is 2.46. The number of benzene rings is 1. The van der Waals surface area contributed by atoms with E-state index in [0.29, 0.717) is 10.5 Å². The lowest BCUT2D eigenvalue weighted by molar-refractivity contribution is -0.114. The van der Waals surface area contributed by atoms with Crippen LogP contribution in [0.2, 0.25) is 5.02 Å². The van der Waals surface area contributed by atoms with Crippen molar-refractivity contribution in [3.8, 4) is 5.75 Å². The first-order valence-electron chi connectivity index (χ1n) is 7.69. The van der Waals surface area contributed by atoms with Crippen LogP contribution in [0.25, 0.3) is 0 Å². The number of carbonyl (C=O) groups excluding carboxylic acids is 2. The smallest absolute Gasteiger partial charge is 0.427 e. The minimum atomic E-state index is -0.953. The third kappa shape index (κ3) is 3.38. The molecule has 2 amide bonds. The van der Waals surface area contributed by atoms with Crippen molar-refractivity contribution in [1.82, 2.24) is 0 Å². The molecule has 130 valence electrons. The Morgan fingerprint density at radius 3 is 2.42 bits per heavy atom. The Kier molecular flexibility index (Phi) is 5.49. The number of carbonyl (C=O) groups is 2. The molecular weight excluding hydrogens is 337 g/mol. The van der Waals surface area contributed by atoms with Crippen LogP contribution in [0.3, 0.4) is 0 Å². The predicted molar refractivity (Wildman–Crippen MR) is 88.7 cm³/mol. The number of rotatable bonds is 5. The lowest BCUT2D eigenvalue weighted by Gasteiger charge is -2.19. The van der Waals surface area contributed by atoms with Crippen molar-refractivity contribution in [3.05, 3.63) is 34.3 Å². The van der Waals surface area contributed by atoms with Gasteiger partial charge >= 0.3 is 12.0 Å². The van der Waals surface area contributed by atoms with Crippen molar-refractivity contribution in [1.29, 1.82) is 0 Å². The summed E-state index contributed by atoms with van der Waals surface area (Å²) < 4.78 is 25.0. The van der Waals surface area contributed by atoms with E-state index < -0.39 is 17.8 Å². The minimum absolute atomic E-state index is 0.0746. The van der Waals surface area contributed by atoms with Crippen LogP contribution < -0.4 is 9.64 Å². The number of hydrogen-bond acceptors (Lipinski definition) is 4. The van der Waals surface area contributed by atoms with Gasteiger partial charge in [-0.25, -0.2) is 14.1 Å². The Morgan fingerprint density at radius 2 is 1.92 bits per heavy atom. The third-order valence-corrected chi connectivity index (χ3v) is 3.97. The number of imide groups is 1. The van der Waals surface area contributed by atoms with E-state index in [4.69, 9.17) is 21.1 Å². The zero-order valence-electron chi connectivity index (χ0n) is 14.0. The SMILES string of the molecule is CCC(CC)Oc1cc(N2C(=O)OC(=C(C)C)C2=O)c(F)cc1Cl. The first-order chi connectivity index (χ1) is 11.3. The maximum absolute atomic E-state index is 14.3. The predicted octanol–water partition coefficient (Wildman–Crippen LogP) is 4.82. The second kappa shape index (κ2) is 7.21. The number of nitrogens with zero attached hydrogens (tertiary/aromatic N) is 1. The lowest BCUT2D eigenvalue weighted by Crippen LogP contribution is -2.29. The normalized spacial score (nSPS) is 14.5. The Morgan fingerprint density at radius 1 is 1.29 bits per heavy atom. The molecule has 7 heteroatoms. The van der Waals surface area contributed by atoms with E-state index in [1.165, 1.54) is 6.07 Å². The molecule has 5 nitrogen and oxygen atoms in total. The van der Waals surface area contributed by atoms with Gasteiger partial charge in [0.25, 0.3) is 0 Å². The highest BCUT2D eigenvalue weighted by Crippen LogP contribution is 2.36. The van der Waals surface area contributed by atoms with Gasteiger partial charge in [-0.05, 0) is 38.3 Å². The van der Waals surface area contributed by atoms with Gasteiger partial charge in [-0.1, -0.05) is 25.4 Å². The fourth-order valence-corrected chi connectivity index (χ4v) is 2.49. The van der Waals surface area contributed by atoms with Crippen LogP contribution in [0.1, 0.15) is 40.5 Å². The molecule has 24 heavy (non-hydrogen) atoms. The zero-order chi connectivity index (χ0) is 18.0. The summed E-state index contributed by atoms with van der Waals surface area (Å²) in [6, 6.07) is 2.28. The van der Waals surface area contributed by atoms with Gasteiger partial charge in [0, 0.05) is 6.07 Å². The number of cyclic esters (lactones) is 1. The molecule has 0 aliphatic carbocycles. The van der Waals surface area contributed by atoms with E-state index in [1.54, 1.807) is 13.8 Å². The van der Waals surface area contributed by atoms with Crippen molar-refractivity contribution in [2.45, 2.75) is 46.6 Å². The second-order valence-electron chi connectivity index (χ2n) is 5.63. The van der Waals surface area contributed by atoms with Crippen LogP contribution in [0.5, 0.6) is 5.75 Å². The first kappa shape index (κ1) is 18.3. The van der Waals surface area contributed by atoms with Gasteiger partial charge in [0.05, 0.1) is 16.8 Å². The molecule has 0 bridgehead atoms. The Labute approximate surface area is 145 Å². The molecule has 0 saturated carbocycles. The van der Waals surface area contributed by atoms with Gasteiger partial charge in [-0.15, -0.1) is 0 Å². The number of anilines is 1. The van der Waals surface area contributed by atoms with Gasteiger partial charge in [0.1, 0.15) is 11.6 Å². The number of amides is 2. The minimum Gasteiger partial charge on any atom is -0.489 e. The molecule has 0 radical (unpaired) electrons. The fraction of sp³-hybridized carbons (Fsp3) is 0.412. The van der Waals surface area contributed by atoms with Gasteiger partial charge in [-0.2, -0.15) is 0 Å². The second-order valence-corrected chi connectivity index (χ2v) is 6.04. The molecule has 0 atom stereocenters. The highest BCUT2D eigenvalue weighted by atomic mass is 35.5. The summed E-state index contributed by atoms with van der Waals surface area (Å²) >= 11 is 6.02. The summed E-state index contributed by atoms with van der Waals surface area (Å²) in [5.74, 6) is -1.41. The highest BCUT2D eigenvalue weighted by molar-refractivity contribution is 6.32. The summed E-state index contributed by atoms with van der Waals surface area (Å²) in [5, 5.41) is 0.0746. The molecule has 2 rings (SSSR count). The average Bonchev–Trinajstić information content (AvgIpc) is 2.82. The van der Waals surface area contributed by atoms with Crippen molar-refractivity contribution >= 4 is 29.3 Å². The van der Waals surface area contributed by atoms with Crippen molar-refractivity contribution in [2.24, 2.45) is 0 Å². The van der Waals surface area contributed by atoms with Crippen LogP contribution in [0.4, 0.5) is 14.9 Å². The molecule has 1 saturated heterocycles. The van der Waals surface area contributed by atoms with E-state index in [9.17, 15) is 14.0 Å². The summed E-state index contributed by atoms with van der Waals surface area (Å²) in [6.45, 7) is 7.16. The molecule has 1 aliphatic rings. The summed E-state index contributed by atoms with van der Waals surface area (Å²) in [6.07, 6.45) is 0.430. The molecule has 1 fully saturated rings. The van der Waals surface area contributed by atoms with Crippen molar-refractivity contribution < 1.29 is 23.5 Å². The topological polar surface area (TPSA) is 55.8 Å². The lowest BCUT2D eigenvalue weighted by atomic mass is 10.2. The molecular formula is C17H19ClFNO4. The Bertz CT molecular complexity index is 709. The summed E-state index contributed by atoms with van der Waals surface area (Å²) in [5.41, 5.74) is 0.283. The monoisotopic (exact) mass is 355 g/mol. The molecule has 1 heterocycles. The molecule has 0 aromatic heterocycles.